The number of amides is 1. The maximum absolute atomic E-state index is 12.8. The van der Waals surface area contributed by atoms with Gasteiger partial charge in [-0.25, -0.2) is 0 Å². The summed E-state index contributed by atoms with van der Waals surface area (Å²) in [7, 11) is 1.64. The van der Waals surface area contributed by atoms with Gasteiger partial charge in [-0.05, 0) is 68.2 Å². The van der Waals surface area contributed by atoms with Crippen molar-refractivity contribution in [2.24, 2.45) is 11.8 Å². The fraction of sp³-hybridized carbons (Fsp3) is 0.650. The Hall–Kier alpha value is -1.55. The molecule has 1 aromatic rings. The first kappa shape index (κ1) is 18.8. The topological polar surface area (TPSA) is 47.6 Å². The third-order valence-electron chi connectivity index (χ3n) is 4.89. The van der Waals surface area contributed by atoms with Crippen molar-refractivity contribution in [3.05, 3.63) is 23.8 Å². The van der Waals surface area contributed by atoms with Gasteiger partial charge in [0, 0.05) is 12.8 Å². The molecule has 0 aliphatic heterocycles. The van der Waals surface area contributed by atoms with Gasteiger partial charge in [-0.1, -0.05) is 20.8 Å². The molecule has 2 rings (SSSR count). The Morgan fingerprint density at radius 2 is 2.00 bits per heavy atom. The highest BCUT2D eigenvalue weighted by molar-refractivity contribution is 5.97. The van der Waals surface area contributed by atoms with E-state index in [1.54, 1.807) is 7.11 Å². The number of aryl methyl sites for hydroxylation is 1. The molecule has 1 fully saturated rings. The Bertz CT molecular complexity index is 560. The van der Waals surface area contributed by atoms with Crippen LogP contribution in [0.15, 0.2) is 18.2 Å². The number of nitrogens with one attached hydrogen (secondary N) is 1. The highest BCUT2D eigenvalue weighted by Crippen LogP contribution is 2.35. The van der Waals surface area contributed by atoms with Gasteiger partial charge in [0.25, 0.3) is 5.91 Å². The molecule has 0 atom stereocenters. The SMILES string of the molecule is COC1(C(=O)Nc2ccc(OCC(C)C)c(C)c2)CCC(C)CC1. The lowest BCUT2D eigenvalue weighted by molar-refractivity contribution is -0.142. The Morgan fingerprint density at radius 1 is 1.33 bits per heavy atom. The molecule has 1 aromatic carbocycles. The Labute approximate surface area is 145 Å². The molecule has 1 amide bonds. The number of anilines is 1. The summed E-state index contributed by atoms with van der Waals surface area (Å²) in [4.78, 5) is 12.8. The summed E-state index contributed by atoms with van der Waals surface area (Å²) in [5.74, 6) is 1.99. The number of hydrogen-bond acceptors (Lipinski definition) is 3. The van der Waals surface area contributed by atoms with E-state index in [2.05, 4.69) is 26.1 Å². The van der Waals surface area contributed by atoms with Crippen LogP contribution in [-0.2, 0) is 9.53 Å². The van der Waals surface area contributed by atoms with E-state index in [0.717, 1.165) is 42.7 Å². The predicted molar refractivity (Wildman–Crippen MR) is 97.5 cm³/mol. The largest absolute Gasteiger partial charge is 0.493 e. The average molecular weight is 333 g/mol. The van der Waals surface area contributed by atoms with E-state index >= 15 is 0 Å². The highest BCUT2D eigenvalue weighted by Gasteiger charge is 2.41. The molecular formula is C20H31NO3. The summed E-state index contributed by atoms with van der Waals surface area (Å²) in [6, 6.07) is 5.79. The minimum absolute atomic E-state index is 0.0350. The van der Waals surface area contributed by atoms with Crippen molar-refractivity contribution in [3.63, 3.8) is 0 Å². The lowest BCUT2D eigenvalue weighted by Crippen LogP contribution is -2.47. The summed E-state index contributed by atoms with van der Waals surface area (Å²) in [6.07, 6.45) is 3.63. The van der Waals surface area contributed by atoms with Gasteiger partial charge in [0.15, 0.2) is 0 Å². The van der Waals surface area contributed by atoms with Crippen LogP contribution >= 0.6 is 0 Å². The molecule has 4 heteroatoms. The summed E-state index contributed by atoms with van der Waals surface area (Å²) < 4.78 is 11.4. The zero-order valence-electron chi connectivity index (χ0n) is 15.6. The Morgan fingerprint density at radius 3 is 2.54 bits per heavy atom. The first-order valence-corrected chi connectivity index (χ1v) is 8.96. The molecule has 0 spiro atoms. The van der Waals surface area contributed by atoms with E-state index in [9.17, 15) is 4.79 Å². The molecule has 134 valence electrons. The third kappa shape index (κ3) is 4.50. The fourth-order valence-corrected chi connectivity index (χ4v) is 3.14. The van der Waals surface area contributed by atoms with Crippen molar-refractivity contribution in [1.29, 1.82) is 0 Å². The zero-order valence-corrected chi connectivity index (χ0v) is 15.6. The van der Waals surface area contributed by atoms with Crippen LogP contribution < -0.4 is 10.1 Å². The first-order chi connectivity index (χ1) is 11.4. The van der Waals surface area contributed by atoms with Crippen LogP contribution in [-0.4, -0.2) is 25.2 Å². The quantitative estimate of drug-likeness (QED) is 0.830. The van der Waals surface area contributed by atoms with E-state index in [1.807, 2.05) is 25.1 Å². The number of carbonyl (C=O) groups excluding carboxylic acids is 1. The number of ether oxygens (including phenoxy) is 2. The summed E-state index contributed by atoms with van der Waals surface area (Å²) in [6.45, 7) is 9.17. The lowest BCUT2D eigenvalue weighted by atomic mass is 9.79. The number of rotatable bonds is 6. The highest BCUT2D eigenvalue weighted by atomic mass is 16.5. The van der Waals surface area contributed by atoms with Gasteiger partial charge < -0.3 is 14.8 Å². The first-order valence-electron chi connectivity index (χ1n) is 8.96. The van der Waals surface area contributed by atoms with E-state index in [1.165, 1.54) is 0 Å². The van der Waals surface area contributed by atoms with Gasteiger partial charge in [0.1, 0.15) is 11.4 Å². The molecule has 24 heavy (non-hydrogen) atoms. The second-order valence-corrected chi connectivity index (χ2v) is 7.52. The normalized spacial score (nSPS) is 24.0. The van der Waals surface area contributed by atoms with Crippen LogP contribution in [0.1, 0.15) is 52.0 Å². The smallest absolute Gasteiger partial charge is 0.256 e. The summed E-state index contributed by atoms with van der Waals surface area (Å²) >= 11 is 0. The fourth-order valence-electron chi connectivity index (χ4n) is 3.14. The molecular weight excluding hydrogens is 302 g/mol. The van der Waals surface area contributed by atoms with Crippen LogP contribution in [0.5, 0.6) is 5.75 Å². The van der Waals surface area contributed by atoms with Gasteiger partial charge in [0.2, 0.25) is 0 Å². The van der Waals surface area contributed by atoms with Crippen LogP contribution in [0.3, 0.4) is 0 Å². The third-order valence-corrected chi connectivity index (χ3v) is 4.89. The molecule has 1 saturated carbocycles. The second kappa shape index (κ2) is 8.02. The molecule has 0 aromatic heterocycles. The summed E-state index contributed by atoms with van der Waals surface area (Å²) in [5, 5.41) is 3.03. The minimum Gasteiger partial charge on any atom is -0.493 e. The second-order valence-electron chi connectivity index (χ2n) is 7.52. The maximum atomic E-state index is 12.8. The van der Waals surface area contributed by atoms with Gasteiger partial charge in [-0.2, -0.15) is 0 Å². The van der Waals surface area contributed by atoms with Crippen LogP contribution in [0.4, 0.5) is 5.69 Å². The van der Waals surface area contributed by atoms with Gasteiger partial charge in [-0.15, -0.1) is 0 Å². The maximum Gasteiger partial charge on any atom is 0.256 e. The monoisotopic (exact) mass is 333 g/mol. The predicted octanol–water partition coefficient (Wildman–Crippen LogP) is 4.56. The Kier molecular flexibility index (Phi) is 6.27. The van der Waals surface area contributed by atoms with E-state index < -0.39 is 5.60 Å². The van der Waals surface area contributed by atoms with Crippen molar-refractivity contribution in [1.82, 2.24) is 0 Å². The molecule has 1 aliphatic rings. The lowest BCUT2D eigenvalue weighted by Gasteiger charge is -2.36. The molecule has 4 nitrogen and oxygen atoms in total. The molecule has 1 aliphatic carbocycles. The zero-order chi connectivity index (χ0) is 17.7. The van der Waals surface area contributed by atoms with E-state index in [4.69, 9.17) is 9.47 Å². The number of hydrogen-bond donors (Lipinski definition) is 1. The number of methoxy groups -OCH3 is 1. The van der Waals surface area contributed by atoms with Gasteiger partial charge in [0.05, 0.1) is 6.61 Å². The molecule has 0 unspecified atom stereocenters. The van der Waals surface area contributed by atoms with Crippen molar-refractivity contribution in [2.75, 3.05) is 19.0 Å². The van der Waals surface area contributed by atoms with Crippen LogP contribution in [0.2, 0.25) is 0 Å². The number of benzene rings is 1. The number of carbonyl (C=O) groups is 1. The molecule has 1 N–H and O–H groups in total. The van der Waals surface area contributed by atoms with E-state index in [0.29, 0.717) is 18.4 Å². The van der Waals surface area contributed by atoms with Crippen molar-refractivity contribution in [3.8, 4) is 5.75 Å². The van der Waals surface area contributed by atoms with Crippen LogP contribution in [0, 0.1) is 18.8 Å². The average Bonchev–Trinajstić information content (AvgIpc) is 2.55. The van der Waals surface area contributed by atoms with Gasteiger partial charge >= 0.3 is 0 Å². The molecule has 0 heterocycles. The molecule has 0 bridgehead atoms. The minimum atomic E-state index is -0.687. The summed E-state index contributed by atoms with van der Waals surface area (Å²) in [5.41, 5.74) is 1.13. The standard InChI is InChI=1S/C20H31NO3/c1-14(2)13-24-18-7-6-17(12-16(18)4)21-19(22)20(23-5)10-8-15(3)9-11-20/h6-7,12,14-15H,8-11,13H2,1-5H3,(H,21,22). The Balaban J connectivity index is 2.04. The van der Waals surface area contributed by atoms with Crippen molar-refractivity contribution in [2.45, 2.75) is 59.0 Å². The van der Waals surface area contributed by atoms with Crippen LogP contribution in [0.25, 0.3) is 0 Å². The van der Waals surface area contributed by atoms with E-state index in [-0.39, 0.29) is 5.91 Å². The molecule has 0 radical (unpaired) electrons. The van der Waals surface area contributed by atoms with Crippen molar-refractivity contribution >= 4 is 11.6 Å². The van der Waals surface area contributed by atoms with Crippen molar-refractivity contribution < 1.29 is 14.3 Å². The van der Waals surface area contributed by atoms with Gasteiger partial charge in [-0.3, -0.25) is 4.79 Å². The molecule has 0 saturated heterocycles.